The van der Waals surface area contributed by atoms with E-state index >= 15 is 0 Å². The molecule has 0 radical (unpaired) electrons. The number of hydrogen-bond acceptors (Lipinski definition) is 9. The summed E-state index contributed by atoms with van der Waals surface area (Å²) in [6.45, 7) is -0.109. The highest BCUT2D eigenvalue weighted by Gasteiger charge is 2.16. The number of carbonyl (C=O) groups excluding carboxylic acids is 1. The van der Waals surface area contributed by atoms with Crippen molar-refractivity contribution < 1.29 is 9.53 Å². The number of benzene rings is 1. The Morgan fingerprint density at radius 2 is 1.79 bits per heavy atom. The molecule has 3 heterocycles. The van der Waals surface area contributed by atoms with Gasteiger partial charge in [-0.2, -0.15) is 15.0 Å². The minimum Gasteiger partial charge on any atom is -0.453 e. The molecule has 0 atom stereocenters. The first-order valence-electron chi connectivity index (χ1n) is 6.94. The topological polar surface area (TPSA) is 117 Å². The van der Waals surface area contributed by atoms with Gasteiger partial charge in [0.1, 0.15) is 4.88 Å². The van der Waals surface area contributed by atoms with E-state index in [2.05, 4.69) is 27.1 Å². The van der Waals surface area contributed by atoms with E-state index in [-0.39, 0.29) is 24.3 Å². The highest BCUT2D eigenvalue weighted by Crippen LogP contribution is 2.39. The predicted octanol–water partition coefficient (Wildman–Crippen LogP) is 2.82. The molecule has 9 heteroatoms. The van der Waals surface area contributed by atoms with E-state index in [9.17, 15) is 4.79 Å². The van der Waals surface area contributed by atoms with E-state index in [1.807, 2.05) is 18.2 Å². The molecule has 7 nitrogen and oxygen atoms in total. The first-order chi connectivity index (χ1) is 11.6. The summed E-state index contributed by atoms with van der Waals surface area (Å²) in [4.78, 5) is 24.2. The lowest BCUT2D eigenvalue weighted by atomic mass is 10.2. The minimum atomic E-state index is -0.426. The van der Waals surface area contributed by atoms with E-state index in [1.165, 1.54) is 16.0 Å². The molecular weight excluding hydrogens is 346 g/mol. The lowest BCUT2D eigenvalue weighted by molar-refractivity contribution is 0.0468. The average Bonchev–Trinajstić information content (AvgIpc) is 3.09. The molecule has 0 unspecified atom stereocenters. The summed E-state index contributed by atoms with van der Waals surface area (Å²) in [6.07, 6.45) is 0. The van der Waals surface area contributed by atoms with Crippen LogP contribution in [0.2, 0.25) is 0 Å². The number of hydrogen-bond donors (Lipinski definition) is 2. The molecular formula is C15H11N5O2S2. The van der Waals surface area contributed by atoms with Crippen molar-refractivity contribution in [2.24, 2.45) is 0 Å². The van der Waals surface area contributed by atoms with Crippen LogP contribution in [0.1, 0.15) is 15.5 Å². The number of fused-ring (bicyclic) bond motifs is 3. The Bertz CT molecular complexity index is 1050. The zero-order valence-electron chi connectivity index (χ0n) is 12.2. The second kappa shape index (κ2) is 5.69. The summed E-state index contributed by atoms with van der Waals surface area (Å²) in [5, 5.41) is 1.15. The Labute approximate surface area is 143 Å². The number of aromatic nitrogens is 3. The fourth-order valence-corrected chi connectivity index (χ4v) is 4.74. The molecule has 0 amide bonds. The van der Waals surface area contributed by atoms with Crippen molar-refractivity contribution >= 4 is 60.0 Å². The summed E-state index contributed by atoms with van der Waals surface area (Å²) >= 11 is 3.07. The normalized spacial score (nSPS) is 11.2. The van der Waals surface area contributed by atoms with Crippen LogP contribution in [0.5, 0.6) is 0 Å². The zero-order chi connectivity index (χ0) is 16.7. The Kier molecular flexibility index (Phi) is 3.51. The largest absolute Gasteiger partial charge is 0.453 e. The fraction of sp³-hybridized carbons (Fsp3) is 0.0667. The molecule has 0 fully saturated rings. The second-order valence-electron chi connectivity index (χ2n) is 4.95. The molecule has 0 aliphatic carbocycles. The number of thiophene rings is 2. The van der Waals surface area contributed by atoms with E-state index in [0.29, 0.717) is 4.88 Å². The summed E-state index contributed by atoms with van der Waals surface area (Å²) in [5.74, 6) is -0.212. The number of nitrogen functional groups attached to an aromatic ring is 2. The van der Waals surface area contributed by atoms with Gasteiger partial charge in [-0.15, -0.1) is 22.7 Å². The SMILES string of the molecule is Nc1nc(N)nc(COC(=O)c2cc3sc4ccccc4c3s2)n1. The average molecular weight is 357 g/mol. The van der Waals surface area contributed by atoms with Crippen LogP contribution in [0.4, 0.5) is 11.9 Å². The maximum absolute atomic E-state index is 12.3. The van der Waals surface area contributed by atoms with Crippen LogP contribution in [-0.4, -0.2) is 20.9 Å². The molecule has 4 aromatic rings. The molecule has 0 aliphatic rings. The van der Waals surface area contributed by atoms with Gasteiger partial charge in [-0.1, -0.05) is 18.2 Å². The maximum Gasteiger partial charge on any atom is 0.348 e. The van der Waals surface area contributed by atoms with Crippen LogP contribution in [0, 0.1) is 0 Å². The van der Waals surface area contributed by atoms with Crippen molar-refractivity contribution in [2.75, 3.05) is 11.5 Å². The van der Waals surface area contributed by atoms with Gasteiger partial charge in [0.25, 0.3) is 0 Å². The third-order valence-corrected chi connectivity index (χ3v) is 5.69. The van der Waals surface area contributed by atoms with Crippen LogP contribution < -0.4 is 11.5 Å². The van der Waals surface area contributed by atoms with Gasteiger partial charge in [0.2, 0.25) is 11.9 Å². The smallest absolute Gasteiger partial charge is 0.348 e. The lowest BCUT2D eigenvalue weighted by Gasteiger charge is -2.03. The third kappa shape index (κ3) is 2.63. The van der Waals surface area contributed by atoms with Gasteiger partial charge in [-0.3, -0.25) is 0 Å². The second-order valence-corrected chi connectivity index (χ2v) is 7.08. The van der Waals surface area contributed by atoms with E-state index in [1.54, 1.807) is 11.3 Å². The van der Waals surface area contributed by atoms with E-state index in [0.717, 1.165) is 14.8 Å². The number of rotatable bonds is 3. The number of carbonyl (C=O) groups is 1. The van der Waals surface area contributed by atoms with E-state index < -0.39 is 5.97 Å². The van der Waals surface area contributed by atoms with Crippen LogP contribution in [0.25, 0.3) is 19.5 Å². The van der Waals surface area contributed by atoms with Crippen molar-refractivity contribution in [3.05, 3.63) is 41.0 Å². The Morgan fingerprint density at radius 1 is 1.04 bits per heavy atom. The Balaban J connectivity index is 1.56. The molecule has 4 rings (SSSR count). The Hall–Kier alpha value is -2.78. The van der Waals surface area contributed by atoms with E-state index in [4.69, 9.17) is 16.2 Å². The molecule has 120 valence electrons. The van der Waals surface area contributed by atoms with Gasteiger partial charge in [0.05, 0.1) is 4.70 Å². The quantitative estimate of drug-likeness (QED) is 0.541. The van der Waals surface area contributed by atoms with Crippen LogP contribution >= 0.6 is 22.7 Å². The van der Waals surface area contributed by atoms with Crippen LogP contribution in [-0.2, 0) is 11.3 Å². The molecule has 0 bridgehead atoms. The van der Waals surface area contributed by atoms with Crippen LogP contribution in [0.15, 0.2) is 30.3 Å². The monoisotopic (exact) mass is 357 g/mol. The first-order valence-corrected chi connectivity index (χ1v) is 8.57. The number of anilines is 2. The van der Waals surface area contributed by atoms with Crippen LogP contribution in [0.3, 0.4) is 0 Å². The molecule has 0 aliphatic heterocycles. The van der Waals surface area contributed by atoms with Crippen molar-refractivity contribution in [3.8, 4) is 0 Å². The summed E-state index contributed by atoms with van der Waals surface area (Å²) in [7, 11) is 0. The summed E-state index contributed by atoms with van der Waals surface area (Å²) in [6, 6.07) is 9.96. The van der Waals surface area contributed by atoms with Gasteiger partial charge < -0.3 is 16.2 Å². The number of ether oxygens (including phenoxy) is 1. The highest BCUT2D eigenvalue weighted by molar-refractivity contribution is 7.33. The molecule has 4 N–H and O–H groups in total. The van der Waals surface area contributed by atoms with Gasteiger partial charge in [0.15, 0.2) is 12.4 Å². The Morgan fingerprint density at radius 3 is 2.58 bits per heavy atom. The third-order valence-electron chi connectivity index (χ3n) is 3.30. The fourth-order valence-electron chi connectivity index (χ4n) is 2.32. The standard InChI is InChI=1S/C15H11N5O2S2/c16-14-18-11(19-15(17)20-14)6-22-13(21)10-5-9-12(24-10)7-3-1-2-4-8(7)23-9/h1-5H,6H2,(H4,16,17,18,19,20). The molecule has 24 heavy (non-hydrogen) atoms. The molecule has 1 aromatic carbocycles. The lowest BCUT2D eigenvalue weighted by Crippen LogP contribution is -2.10. The molecule has 3 aromatic heterocycles. The zero-order valence-corrected chi connectivity index (χ0v) is 13.9. The van der Waals surface area contributed by atoms with Crippen molar-refractivity contribution in [1.29, 1.82) is 0 Å². The van der Waals surface area contributed by atoms with Crippen molar-refractivity contribution in [1.82, 2.24) is 15.0 Å². The van der Waals surface area contributed by atoms with Gasteiger partial charge in [0, 0.05) is 14.8 Å². The number of nitrogens with two attached hydrogens (primary N) is 2. The maximum atomic E-state index is 12.3. The first kappa shape index (κ1) is 14.8. The molecule has 0 saturated heterocycles. The van der Waals surface area contributed by atoms with Gasteiger partial charge in [-0.25, -0.2) is 4.79 Å². The van der Waals surface area contributed by atoms with Crippen molar-refractivity contribution in [3.63, 3.8) is 0 Å². The number of nitrogens with zero attached hydrogens (tertiary/aromatic N) is 3. The summed E-state index contributed by atoms with van der Waals surface area (Å²) < 4.78 is 8.62. The summed E-state index contributed by atoms with van der Waals surface area (Å²) in [5.41, 5.74) is 11.0. The predicted molar refractivity (Wildman–Crippen MR) is 95.0 cm³/mol. The highest BCUT2D eigenvalue weighted by atomic mass is 32.1. The van der Waals surface area contributed by atoms with Crippen molar-refractivity contribution in [2.45, 2.75) is 6.61 Å². The molecule has 0 spiro atoms. The number of esters is 1. The van der Waals surface area contributed by atoms with Gasteiger partial charge in [-0.05, 0) is 12.1 Å². The molecule has 0 saturated carbocycles. The van der Waals surface area contributed by atoms with Gasteiger partial charge >= 0.3 is 5.97 Å². The minimum absolute atomic E-state index is 0.00310.